The van der Waals surface area contributed by atoms with Gasteiger partial charge in [-0.2, -0.15) is 13.2 Å². The van der Waals surface area contributed by atoms with Crippen molar-refractivity contribution in [2.75, 3.05) is 0 Å². The minimum Gasteiger partial charge on any atom is -0.425 e. The molecule has 162 valence electrons. The number of amides is 1. The number of ether oxygens (including phenoxy) is 1. The lowest BCUT2D eigenvalue weighted by atomic mass is 10.1. The van der Waals surface area contributed by atoms with Gasteiger partial charge in [-0.15, -0.1) is 0 Å². The molecule has 0 aliphatic rings. The topological polar surface area (TPSA) is 55.4 Å². The third-order valence-electron chi connectivity index (χ3n) is 3.84. The number of carbonyl (C=O) groups excluding carboxylic acids is 2. The van der Waals surface area contributed by atoms with Gasteiger partial charge in [-0.1, -0.05) is 54.6 Å². The summed E-state index contributed by atoms with van der Waals surface area (Å²) in [6.07, 6.45) is -4.75. The van der Waals surface area contributed by atoms with Crippen LogP contribution in [0.4, 0.5) is 17.6 Å². The van der Waals surface area contributed by atoms with E-state index < -0.39 is 29.4 Å². The maximum absolute atomic E-state index is 13.1. The summed E-state index contributed by atoms with van der Waals surface area (Å²) in [5.41, 5.74) is -0.743. The fourth-order valence-electron chi connectivity index (χ4n) is 2.48. The molecule has 0 unspecified atom stereocenters. The first kappa shape index (κ1) is 23.6. The number of alkyl halides is 3. The van der Waals surface area contributed by atoms with Gasteiger partial charge in [0.25, 0.3) is 5.91 Å². The van der Waals surface area contributed by atoms with Crippen molar-refractivity contribution in [3.63, 3.8) is 0 Å². The fraction of sp³-hybridized carbons (Fsp3) is 0.130. The van der Waals surface area contributed by atoms with E-state index in [9.17, 15) is 27.2 Å². The van der Waals surface area contributed by atoms with Crippen LogP contribution in [0.25, 0.3) is 0 Å². The molecule has 1 N–H and O–H groups in total. The van der Waals surface area contributed by atoms with E-state index in [0.717, 1.165) is 24.6 Å². The largest absolute Gasteiger partial charge is 0.425 e. The molecule has 1 amide bonds. The molecule has 0 saturated carbocycles. The Kier molecular flexibility index (Phi) is 8.31. The Morgan fingerprint density at radius 2 is 1.45 bits per heavy atom. The highest BCUT2D eigenvalue weighted by atomic mass is 19.4. The first-order chi connectivity index (χ1) is 14.7. The highest BCUT2D eigenvalue weighted by molar-refractivity contribution is 5.98. The van der Waals surface area contributed by atoms with Crippen molar-refractivity contribution in [1.82, 2.24) is 5.32 Å². The number of carbonyl (C=O) groups is 2. The summed E-state index contributed by atoms with van der Waals surface area (Å²) in [6.45, 7) is 1.11. The summed E-state index contributed by atoms with van der Waals surface area (Å²) < 4.78 is 55.8. The van der Waals surface area contributed by atoms with E-state index in [0.29, 0.717) is 0 Å². The Labute approximate surface area is 176 Å². The van der Waals surface area contributed by atoms with Crippen LogP contribution in [0.1, 0.15) is 28.4 Å². The SMILES string of the molecule is CC(=O)Oc1c(C(=O)NCc2ccccc2)cccc1C(F)(F)F.Fc1ccccc1. The smallest absolute Gasteiger partial charge is 0.420 e. The zero-order chi connectivity index (χ0) is 22.9. The summed E-state index contributed by atoms with van der Waals surface area (Å²) >= 11 is 0. The average Bonchev–Trinajstić information content (AvgIpc) is 2.73. The van der Waals surface area contributed by atoms with Crippen LogP contribution in [0.5, 0.6) is 5.75 Å². The van der Waals surface area contributed by atoms with Crippen LogP contribution in [-0.4, -0.2) is 11.9 Å². The molecule has 0 aliphatic carbocycles. The molecule has 3 rings (SSSR count). The van der Waals surface area contributed by atoms with E-state index in [1.807, 2.05) is 0 Å². The Bertz CT molecular complexity index is 1010. The third-order valence-corrected chi connectivity index (χ3v) is 3.84. The Hall–Kier alpha value is -3.68. The molecule has 31 heavy (non-hydrogen) atoms. The van der Waals surface area contributed by atoms with Crippen molar-refractivity contribution >= 4 is 11.9 Å². The molecule has 0 atom stereocenters. The van der Waals surface area contributed by atoms with Crippen LogP contribution in [0.2, 0.25) is 0 Å². The Morgan fingerprint density at radius 3 is 1.94 bits per heavy atom. The molecule has 0 fully saturated rings. The van der Waals surface area contributed by atoms with Gasteiger partial charge < -0.3 is 10.1 Å². The van der Waals surface area contributed by atoms with Crippen LogP contribution in [-0.2, 0) is 17.5 Å². The fourth-order valence-corrected chi connectivity index (χ4v) is 2.48. The second kappa shape index (κ2) is 10.9. The quantitative estimate of drug-likeness (QED) is 0.341. The number of benzene rings is 3. The van der Waals surface area contributed by atoms with Gasteiger partial charge in [-0.25, -0.2) is 4.39 Å². The average molecular weight is 433 g/mol. The molecule has 0 bridgehead atoms. The van der Waals surface area contributed by atoms with Crippen LogP contribution in [0, 0.1) is 5.82 Å². The van der Waals surface area contributed by atoms with E-state index in [4.69, 9.17) is 0 Å². The lowest BCUT2D eigenvalue weighted by Crippen LogP contribution is -2.25. The highest BCUT2D eigenvalue weighted by Gasteiger charge is 2.36. The summed E-state index contributed by atoms with van der Waals surface area (Å²) in [5.74, 6) is -2.67. The third kappa shape index (κ3) is 7.58. The van der Waals surface area contributed by atoms with Crippen LogP contribution >= 0.6 is 0 Å². The normalized spacial score (nSPS) is 10.5. The van der Waals surface area contributed by atoms with Gasteiger partial charge in [0.2, 0.25) is 0 Å². The van der Waals surface area contributed by atoms with E-state index in [1.165, 1.54) is 18.2 Å². The van der Waals surface area contributed by atoms with Crippen molar-refractivity contribution in [3.8, 4) is 5.75 Å². The van der Waals surface area contributed by atoms with E-state index in [-0.39, 0.29) is 17.9 Å². The highest BCUT2D eigenvalue weighted by Crippen LogP contribution is 2.38. The number of hydrogen-bond donors (Lipinski definition) is 1. The number of nitrogens with one attached hydrogen (secondary N) is 1. The van der Waals surface area contributed by atoms with E-state index in [1.54, 1.807) is 48.5 Å². The first-order valence-electron chi connectivity index (χ1n) is 9.09. The molecule has 0 heterocycles. The molecule has 8 heteroatoms. The lowest BCUT2D eigenvalue weighted by molar-refractivity contribution is -0.141. The summed E-state index contributed by atoms with van der Waals surface area (Å²) in [5, 5.41) is 2.51. The maximum atomic E-state index is 13.1. The maximum Gasteiger partial charge on any atom is 0.420 e. The Balaban J connectivity index is 0.000000412. The molecule has 0 saturated heterocycles. The van der Waals surface area contributed by atoms with Crippen molar-refractivity contribution in [2.45, 2.75) is 19.6 Å². The second-order valence-electron chi connectivity index (χ2n) is 6.24. The molecule has 0 spiro atoms. The molecular weight excluding hydrogens is 414 g/mol. The van der Waals surface area contributed by atoms with Gasteiger partial charge in [0, 0.05) is 13.5 Å². The van der Waals surface area contributed by atoms with Crippen LogP contribution < -0.4 is 10.1 Å². The van der Waals surface area contributed by atoms with E-state index in [2.05, 4.69) is 10.1 Å². The predicted octanol–water partition coefficient (Wildman–Crippen LogP) is 5.39. The Morgan fingerprint density at radius 1 is 0.871 bits per heavy atom. The van der Waals surface area contributed by atoms with Gasteiger partial charge in [0.05, 0.1) is 11.1 Å². The second-order valence-corrected chi connectivity index (χ2v) is 6.24. The summed E-state index contributed by atoms with van der Waals surface area (Å²) in [7, 11) is 0. The lowest BCUT2D eigenvalue weighted by Gasteiger charge is -2.15. The summed E-state index contributed by atoms with van der Waals surface area (Å²) in [6, 6.07) is 19.8. The molecule has 0 aliphatic heterocycles. The number of rotatable bonds is 4. The van der Waals surface area contributed by atoms with Gasteiger partial charge in [0.1, 0.15) is 5.82 Å². The predicted molar refractivity (Wildman–Crippen MR) is 107 cm³/mol. The van der Waals surface area contributed by atoms with Crippen LogP contribution in [0.3, 0.4) is 0 Å². The van der Waals surface area contributed by atoms with Crippen molar-refractivity contribution in [2.24, 2.45) is 0 Å². The molecule has 4 nitrogen and oxygen atoms in total. The van der Waals surface area contributed by atoms with Gasteiger partial charge in [-0.3, -0.25) is 9.59 Å². The van der Waals surface area contributed by atoms with Gasteiger partial charge in [0.15, 0.2) is 5.75 Å². The van der Waals surface area contributed by atoms with E-state index >= 15 is 0 Å². The van der Waals surface area contributed by atoms with Gasteiger partial charge in [-0.05, 0) is 29.8 Å². The molecule has 0 aromatic heterocycles. The van der Waals surface area contributed by atoms with Crippen molar-refractivity contribution in [3.05, 3.63) is 101 Å². The van der Waals surface area contributed by atoms with Crippen molar-refractivity contribution < 1.29 is 31.9 Å². The standard InChI is InChI=1S/C17H14F3NO3.C6H5F/c1-11(22)24-15-13(8-5-9-14(15)17(18,19)20)16(23)21-10-12-6-3-2-4-7-12;7-6-4-2-1-3-5-6/h2-9H,10H2,1H3,(H,21,23);1-5H. The first-order valence-corrected chi connectivity index (χ1v) is 9.09. The summed E-state index contributed by atoms with van der Waals surface area (Å²) in [4.78, 5) is 23.4. The zero-order valence-electron chi connectivity index (χ0n) is 16.4. The molecule has 3 aromatic carbocycles. The number of esters is 1. The van der Waals surface area contributed by atoms with Gasteiger partial charge >= 0.3 is 12.1 Å². The zero-order valence-corrected chi connectivity index (χ0v) is 16.4. The van der Waals surface area contributed by atoms with Crippen molar-refractivity contribution in [1.29, 1.82) is 0 Å². The molecular formula is C23H19F4NO3. The minimum absolute atomic E-state index is 0.134. The molecule has 0 radical (unpaired) electrons. The number of halogens is 4. The monoisotopic (exact) mass is 433 g/mol. The van der Waals surface area contributed by atoms with Crippen LogP contribution in [0.15, 0.2) is 78.9 Å². The molecule has 3 aromatic rings. The number of hydrogen-bond acceptors (Lipinski definition) is 3. The minimum atomic E-state index is -4.75. The number of para-hydroxylation sites is 1.